The number of guanidine groups is 1. The highest BCUT2D eigenvalue weighted by Crippen LogP contribution is 2.24. The predicted octanol–water partition coefficient (Wildman–Crippen LogP) is 0.560. The van der Waals surface area contributed by atoms with Crippen molar-refractivity contribution in [3.63, 3.8) is 0 Å². The van der Waals surface area contributed by atoms with Crippen molar-refractivity contribution in [1.29, 1.82) is 0 Å². The molecule has 0 unspecified atom stereocenters. The first-order chi connectivity index (χ1) is 7.02. The van der Waals surface area contributed by atoms with Crippen LogP contribution in [0.4, 0.5) is 0 Å². The molecule has 88 valence electrons. The zero-order chi connectivity index (χ0) is 11.4. The summed E-state index contributed by atoms with van der Waals surface area (Å²) in [4.78, 5) is 11.1. The summed E-state index contributed by atoms with van der Waals surface area (Å²) in [6.45, 7) is 1.95. The van der Waals surface area contributed by atoms with E-state index in [1.54, 1.807) is 0 Å². The van der Waals surface area contributed by atoms with Crippen LogP contribution in [-0.4, -0.2) is 75.0 Å². The van der Waals surface area contributed by atoms with Crippen LogP contribution in [0.1, 0.15) is 12.8 Å². The Morgan fingerprint density at radius 1 is 1.07 bits per heavy atom. The van der Waals surface area contributed by atoms with Crippen molar-refractivity contribution in [1.82, 2.24) is 14.7 Å². The van der Waals surface area contributed by atoms with Gasteiger partial charge in [0.2, 0.25) is 0 Å². The predicted molar refractivity (Wildman–Crippen MR) is 65.3 cm³/mol. The number of hydrogen-bond donors (Lipinski definition) is 0. The van der Waals surface area contributed by atoms with Gasteiger partial charge in [-0.05, 0) is 19.9 Å². The fraction of sp³-hybridized carbons (Fsp3) is 0.909. The molecule has 0 spiro atoms. The van der Waals surface area contributed by atoms with Gasteiger partial charge in [-0.15, -0.1) is 0 Å². The maximum atomic E-state index is 4.60. The third-order valence-corrected chi connectivity index (χ3v) is 2.68. The Labute approximate surface area is 93.6 Å². The van der Waals surface area contributed by atoms with Gasteiger partial charge < -0.3 is 14.7 Å². The maximum absolute atomic E-state index is 4.60. The number of aliphatic imine (C=N–C) groups is 1. The minimum absolute atomic E-state index is 0.836. The van der Waals surface area contributed by atoms with E-state index in [4.69, 9.17) is 0 Å². The summed E-state index contributed by atoms with van der Waals surface area (Å²) >= 11 is 0. The molecule has 4 nitrogen and oxygen atoms in total. The van der Waals surface area contributed by atoms with Gasteiger partial charge in [0.25, 0.3) is 0 Å². The third kappa shape index (κ3) is 4.08. The van der Waals surface area contributed by atoms with Gasteiger partial charge in [-0.2, -0.15) is 0 Å². The van der Waals surface area contributed by atoms with Crippen molar-refractivity contribution >= 4 is 5.96 Å². The van der Waals surface area contributed by atoms with E-state index >= 15 is 0 Å². The largest absolute Gasteiger partial charge is 0.349 e. The zero-order valence-corrected chi connectivity index (χ0v) is 10.7. The molecule has 0 N–H and O–H groups in total. The molecule has 4 heteroatoms. The van der Waals surface area contributed by atoms with Gasteiger partial charge in [-0.25, -0.2) is 0 Å². The lowest BCUT2D eigenvalue weighted by molar-refractivity contribution is 0.332. The molecule has 1 fully saturated rings. The molecule has 0 aromatic heterocycles. The average Bonchev–Trinajstić information content (AvgIpc) is 2.93. The van der Waals surface area contributed by atoms with Crippen LogP contribution in [0.25, 0.3) is 0 Å². The topological polar surface area (TPSA) is 22.1 Å². The van der Waals surface area contributed by atoms with Crippen LogP contribution in [0.3, 0.4) is 0 Å². The van der Waals surface area contributed by atoms with Crippen LogP contribution in [0.2, 0.25) is 0 Å². The van der Waals surface area contributed by atoms with E-state index in [1.165, 1.54) is 12.8 Å². The van der Waals surface area contributed by atoms with Gasteiger partial charge in [0.05, 0.1) is 6.54 Å². The van der Waals surface area contributed by atoms with E-state index in [1.807, 2.05) is 28.2 Å². The van der Waals surface area contributed by atoms with Crippen molar-refractivity contribution < 1.29 is 0 Å². The normalized spacial score (nSPS) is 15.3. The second-order valence-corrected chi connectivity index (χ2v) is 4.68. The standard InChI is InChI=1S/C11H24N4/c1-13(2)11(14(3)4)12-8-9-15(5)10-6-7-10/h10H,6-9H2,1-5H3. The van der Waals surface area contributed by atoms with Crippen molar-refractivity contribution in [2.24, 2.45) is 4.99 Å². The summed E-state index contributed by atoms with van der Waals surface area (Å²) in [6, 6.07) is 0.836. The van der Waals surface area contributed by atoms with E-state index in [0.717, 1.165) is 25.1 Å². The minimum atomic E-state index is 0.836. The summed E-state index contributed by atoms with van der Waals surface area (Å²) in [5.41, 5.74) is 0. The number of rotatable bonds is 4. The molecule has 0 bridgehead atoms. The lowest BCUT2D eigenvalue weighted by Gasteiger charge is -2.23. The van der Waals surface area contributed by atoms with Gasteiger partial charge in [0.15, 0.2) is 5.96 Å². The van der Waals surface area contributed by atoms with Gasteiger partial charge in [0.1, 0.15) is 0 Å². The van der Waals surface area contributed by atoms with Gasteiger partial charge in [-0.3, -0.25) is 4.99 Å². The number of hydrogen-bond acceptors (Lipinski definition) is 2. The van der Waals surface area contributed by atoms with Crippen molar-refractivity contribution in [2.75, 3.05) is 48.3 Å². The first kappa shape index (κ1) is 12.3. The molecular formula is C11H24N4. The number of nitrogens with zero attached hydrogens (tertiary/aromatic N) is 4. The van der Waals surface area contributed by atoms with Crippen molar-refractivity contribution in [2.45, 2.75) is 18.9 Å². The highest BCUT2D eigenvalue weighted by atomic mass is 15.3. The molecule has 15 heavy (non-hydrogen) atoms. The fourth-order valence-electron chi connectivity index (χ4n) is 1.69. The minimum Gasteiger partial charge on any atom is -0.349 e. The Morgan fingerprint density at radius 3 is 2.00 bits per heavy atom. The molecule has 0 saturated heterocycles. The Hall–Kier alpha value is -0.770. The second-order valence-electron chi connectivity index (χ2n) is 4.68. The summed E-state index contributed by atoms with van der Waals surface area (Å²) in [6.07, 6.45) is 2.74. The molecule has 0 atom stereocenters. The van der Waals surface area contributed by atoms with Crippen LogP contribution in [0, 0.1) is 0 Å². The highest BCUT2D eigenvalue weighted by molar-refractivity contribution is 5.79. The molecule has 1 aliphatic rings. The van der Waals surface area contributed by atoms with E-state index in [-0.39, 0.29) is 0 Å². The van der Waals surface area contributed by atoms with Crippen molar-refractivity contribution in [3.8, 4) is 0 Å². The molecule has 1 aliphatic carbocycles. The Kier molecular flexibility index (Phi) is 4.39. The SMILES string of the molecule is CN(C)C(=NCCN(C)C1CC1)N(C)C. The maximum Gasteiger partial charge on any atom is 0.195 e. The molecule has 1 saturated carbocycles. The summed E-state index contributed by atoms with van der Waals surface area (Å²) < 4.78 is 0. The molecule has 0 radical (unpaired) electrons. The molecule has 0 aromatic carbocycles. The summed E-state index contributed by atoms with van der Waals surface area (Å²) in [5.74, 6) is 1.04. The van der Waals surface area contributed by atoms with E-state index in [0.29, 0.717) is 0 Å². The van der Waals surface area contributed by atoms with Crippen LogP contribution in [0.15, 0.2) is 4.99 Å². The first-order valence-electron chi connectivity index (χ1n) is 5.61. The Morgan fingerprint density at radius 2 is 1.60 bits per heavy atom. The van der Waals surface area contributed by atoms with Gasteiger partial charge >= 0.3 is 0 Å². The lowest BCUT2D eigenvalue weighted by atomic mass is 10.5. The molecule has 0 aliphatic heterocycles. The smallest absolute Gasteiger partial charge is 0.195 e. The molecule has 0 aromatic rings. The monoisotopic (exact) mass is 212 g/mol. The molecule has 0 amide bonds. The third-order valence-electron chi connectivity index (χ3n) is 2.68. The molecule has 1 rings (SSSR count). The number of likely N-dealkylation sites (N-methyl/N-ethyl adjacent to an activating group) is 1. The Balaban J connectivity index is 2.32. The lowest BCUT2D eigenvalue weighted by Crippen LogP contribution is -2.36. The van der Waals surface area contributed by atoms with E-state index in [9.17, 15) is 0 Å². The highest BCUT2D eigenvalue weighted by Gasteiger charge is 2.25. The first-order valence-corrected chi connectivity index (χ1v) is 5.61. The second kappa shape index (κ2) is 5.35. The fourth-order valence-corrected chi connectivity index (χ4v) is 1.69. The van der Waals surface area contributed by atoms with E-state index < -0.39 is 0 Å². The van der Waals surface area contributed by atoms with Crippen molar-refractivity contribution in [3.05, 3.63) is 0 Å². The van der Waals surface area contributed by atoms with Crippen LogP contribution < -0.4 is 0 Å². The Bertz CT molecular complexity index is 209. The van der Waals surface area contributed by atoms with E-state index in [2.05, 4.69) is 26.7 Å². The van der Waals surface area contributed by atoms with Crippen LogP contribution in [-0.2, 0) is 0 Å². The summed E-state index contributed by atoms with van der Waals surface area (Å²) in [7, 11) is 10.3. The van der Waals surface area contributed by atoms with Gasteiger partial charge in [0, 0.05) is 40.8 Å². The van der Waals surface area contributed by atoms with Crippen LogP contribution in [0.5, 0.6) is 0 Å². The molecule has 0 heterocycles. The van der Waals surface area contributed by atoms with Crippen LogP contribution >= 0.6 is 0 Å². The zero-order valence-electron chi connectivity index (χ0n) is 10.7. The average molecular weight is 212 g/mol. The quantitative estimate of drug-likeness (QED) is 0.502. The van der Waals surface area contributed by atoms with Gasteiger partial charge in [-0.1, -0.05) is 0 Å². The summed E-state index contributed by atoms with van der Waals surface area (Å²) in [5, 5.41) is 0. The molecular weight excluding hydrogens is 188 g/mol.